The van der Waals surface area contributed by atoms with Crippen LogP contribution in [0.1, 0.15) is 85.5 Å². The van der Waals surface area contributed by atoms with Crippen LogP contribution in [0.2, 0.25) is 0 Å². The molecule has 2 N–H and O–H groups in total. The van der Waals surface area contributed by atoms with E-state index < -0.39 is 75.6 Å². The van der Waals surface area contributed by atoms with Gasteiger partial charge in [0.25, 0.3) is 5.91 Å². The van der Waals surface area contributed by atoms with E-state index in [-0.39, 0.29) is 53.7 Å². The summed E-state index contributed by atoms with van der Waals surface area (Å²) in [7, 11) is 3.56. The Morgan fingerprint density at radius 2 is 1.69 bits per heavy atom. The molecule has 1 aliphatic carbocycles. The zero-order valence-corrected chi connectivity index (χ0v) is 36.1. The molecule has 2 heterocycles. The van der Waals surface area contributed by atoms with Gasteiger partial charge in [0.2, 0.25) is 5.76 Å². The SMILES string of the molecule is CC.CC1=C(C(F)(F)F)ONC1c1ccc(CN2C(=O)[C@@H](NC(=O)OC(C)(C)C)CS(=O)c3cc(F)c(C(=C/N(C)C)/C=C(\C)C4(C(F)(F)F)CC4)cc32)cc1.CP.[HH]. The van der Waals surface area contributed by atoms with Crippen LogP contribution in [0.4, 0.5) is 41.2 Å². The summed E-state index contributed by atoms with van der Waals surface area (Å²) in [5.41, 5.74) is 0.0183. The summed E-state index contributed by atoms with van der Waals surface area (Å²) in [4.78, 5) is 34.4. The molecule has 324 valence electrons. The van der Waals surface area contributed by atoms with Crippen molar-refractivity contribution in [1.82, 2.24) is 15.7 Å². The fraction of sp³-hybridized carbons (Fsp3) is 0.500. The summed E-state index contributed by atoms with van der Waals surface area (Å²) in [6.07, 6.45) is -7.73. The highest BCUT2D eigenvalue weighted by atomic mass is 32.2. The van der Waals surface area contributed by atoms with Gasteiger partial charge < -0.3 is 24.7 Å². The molecule has 3 unspecified atom stereocenters. The number of rotatable bonds is 8. The van der Waals surface area contributed by atoms with Crippen molar-refractivity contribution in [2.45, 2.75) is 103 Å². The van der Waals surface area contributed by atoms with Crippen LogP contribution in [0.5, 0.6) is 0 Å². The third kappa shape index (κ3) is 11.2. The fourth-order valence-electron chi connectivity index (χ4n) is 6.37. The molecule has 0 saturated heterocycles. The van der Waals surface area contributed by atoms with Gasteiger partial charge in [-0.2, -0.15) is 26.3 Å². The molecule has 0 bridgehead atoms. The molecule has 2 aliphatic heterocycles. The lowest BCUT2D eigenvalue weighted by molar-refractivity contribution is -0.175. The Balaban J connectivity index is 0.00000233. The maximum atomic E-state index is 16.1. The number of hydrogen-bond donors (Lipinski definition) is 2. The van der Waals surface area contributed by atoms with Crippen molar-refractivity contribution in [1.29, 1.82) is 0 Å². The summed E-state index contributed by atoms with van der Waals surface area (Å²) >= 11 is 0. The zero-order chi connectivity index (χ0) is 44.1. The highest BCUT2D eigenvalue weighted by Crippen LogP contribution is 2.62. The largest absolute Gasteiger partial charge is 0.451 e. The van der Waals surface area contributed by atoms with E-state index in [1.54, 1.807) is 47.0 Å². The maximum Gasteiger partial charge on any atom is 0.451 e. The van der Waals surface area contributed by atoms with Crippen LogP contribution < -0.4 is 15.7 Å². The Morgan fingerprint density at radius 1 is 1.10 bits per heavy atom. The van der Waals surface area contributed by atoms with Gasteiger partial charge in [-0.05, 0) is 70.7 Å². The van der Waals surface area contributed by atoms with Gasteiger partial charge >= 0.3 is 18.4 Å². The van der Waals surface area contributed by atoms with Crippen LogP contribution in [0.25, 0.3) is 5.57 Å². The predicted octanol–water partition coefficient (Wildman–Crippen LogP) is 9.74. The molecule has 9 nitrogen and oxygen atoms in total. The first-order valence-corrected chi connectivity index (χ1v) is 20.9. The van der Waals surface area contributed by atoms with E-state index in [9.17, 15) is 40.1 Å². The van der Waals surface area contributed by atoms with E-state index in [2.05, 4.69) is 20.0 Å². The Morgan fingerprint density at radius 3 is 2.17 bits per heavy atom. The van der Waals surface area contributed by atoms with Crippen LogP contribution in [0.15, 0.2) is 70.5 Å². The molecule has 0 radical (unpaired) electrons. The second kappa shape index (κ2) is 19.0. The number of carbonyl (C=O) groups excluding carboxylic acids is 2. The quantitative estimate of drug-likeness (QED) is 0.155. The minimum Gasteiger partial charge on any atom is -0.444 e. The molecular formula is C40H54F7N4O5PS. The monoisotopic (exact) mass is 866 g/mol. The second-order valence-corrected chi connectivity index (χ2v) is 16.3. The van der Waals surface area contributed by atoms with Crippen molar-refractivity contribution < 1.29 is 55.5 Å². The number of carbonyl (C=O) groups is 2. The van der Waals surface area contributed by atoms with Gasteiger partial charge in [-0.15, -0.1) is 14.7 Å². The van der Waals surface area contributed by atoms with Gasteiger partial charge in [-0.3, -0.25) is 9.00 Å². The molecule has 2 aromatic rings. The van der Waals surface area contributed by atoms with Gasteiger partial charge in [-0.25, -0.2) is 9.18 Å². The first-order valence-electron chi connectivity index (χ1n) is 18.5. The number of hydrogen-bond acceptors (Lipinski definition) is 7. The van der Waals surface area contributed by atoms with Crippen molar-refractivity contribution >= 4 is 43.3 Å². The number of allylic oxidation sites excluding steroid dienone is 4. The lowest BCUT2D eigenvalue weighted by atomic mass is 9.92. The number of hydroxylamine groups is 1. The van der Waals surface area contributed by atoms with Gasteiger partial charge in [0.1, 0.15) is 17.5 Å². The second-order valence-electron chi connectivity index (χ2n) is 14.8. The highest BCUT2D eigenvalue weighted by Gasteiger charge is 2.64. The van der Waals surface area contributed by atoms with Crippen molar-refractivity contribution in [2.24, 2.45) is 5.41 Å². The molecule has 3 aliphatic rings. The number of alkyl halides is 6. The number of ether oxygens (including phenoxy) is 1. The molecule has 0 spiro atoms. The van der Waals surface area contributed by atoms with Crippen LogP contribution in [-0.2, 0) is 31.7 Å². The topological polar surface area (TPSA) is 100 Å². The Hall–Kier alpha value is -3.95. The summed E-state index contributed by atoms with van der Waals surface area (Å²) in [5.74, 6) is -3.25. The number of anilines is 1. The molecule has 4 atom stereocenters. The van der Waals surface area contributed by atoms with E-state index in [1.807, 2.05) is 20.5 Å². The van der Waals surface area contributed by atoms with E-state index in [1.165, 1.54) is 54.1 Å². The molecule has 0 aromatic heterocycles. The van der Waals surface area contributed by atoms with Crippen LogP contribution in [0.3, 0.4) is 0 Å². The minimum absolute atomic E-state index is 0. The van der Waals surface area contributed by atoms with Crippen LogP contribution in [0, 0.1) is 11.2 Å². The highest BCUT2D eigenvalue weighted by molar-refractivity contribution is 7.85. The number of amides is 2. The standard InChI is InChI=1S/C37H41F7N4O5S.C2H6.CH5P.H2/c1-20(35(12-13-35)37(42,43)44)14-24(18-47(6)7)25-15-28-29(16-26(25)38)54(51)19-27(45-33(50)52-34(3,4)5)32(49)48(28)17-22-8-10-23(11-9-22)30-21(2)31(53-46-30)36(39,40)41;2*1-2;/h8-11,14-16,18,27,30,46H,12-13,17,19H2,1-7H3,(H,45,50);1-2H3;2H2,1H3;1H/b20-14+,24-18+;;;/t27-,30?,54?;;;/m0.../s1. The van der Waals surface area contributed by atoms with Crippen LogP contribution in [-0.4, -0.2) is 71.6 Å². The Kier molecular flexibility index (Phi) is 15.8. The van der Waals surface area contributed by atoms with Gasteiger partial charge in [-0.1, -0.05) is 56.4 Å². The average Bonchev–Trinajstić information content (AvgIpc) is 3.88. The van der Waals surface area contributed by atoms with Gasteiger partial charge in [0.05, 0.1) is 45.1 Å². The predicted molar refractivity (Wildman–Crippen MR) is 216 cm³/mol. The normalized spacial score (nSPS) is 20.8. The van der Waals surface area contributed by atoms with E-state index in [4.69, 9.17) is 9.57 Å². The lowest BCUT2D eigenvalue weighted by Crippen LogP contribution is -2.51. The average molecular weight is 867 g/mol. The van der Waals surface area contributed by atoms with E-state index in [0.29, 0.717) is 11.1 Å². The molecule has 58 heavy (non-hydrogen) atoms. The van der Waals surface area contributed by atoms with Crippen molar-refractivity contribution in [3.63, 3.8) is 0 Å². The zero-order valence-electron chi connectivity index (χ0n) is 34.2. The third-order valence-electron chi connectivity index (χ3n) is 9.27. The molecule has 5 rings (SSSR count). The van der Waals surface area contributed by atoms with Crippen LogP contribution >= 0.6 is 9.24 Å². The molecule has 1 fully saturated rings. The van der Waals surface area contributed by atoms with Crippen molar-refractivity contribution in [3.8, 4) is 0 Å². The summed E-state index contributed by atoms with van der Waals surface area (Å²) in [6.45, 7) is 13.1. The lowest BCUT2D eigenvalue weighted by Gasteiger charge is -2.27. The maximum absolute atomic E-state index is 16.1. The summed E-state index contributed by atoms with van der Waals surface area (Å²) in [5, 5.41) is 2.46. The molecule has 18 heteroatoms. The number of halogens is 7. The molecular weight excluding hydrogens is 812 g/mol. The summed E-state index contributed by atoms with van der Waals surface area (Å²) < 4.78 is 118. The van der Waals surface area contributed by atoms with Crippen molar-refractivity contribution in [2.75, 3.05) is 31.4 Å². The first kappa shape index (κ1) is 48.4. The smallest absolute Gasteiger partial charge is 0.444 e. The molecule has 2 amide bonds. The number of nitrogens with one attached hydrogen (secondary N) is 2. The number of fused-ring (bicyclic) bond motifs is 1. The number of alkyl carbamates (subject to hydrolysis) is 1. The Labute approximate surface area is 341 Å². The summed E-state index contributed by atoms with van der Waals surface area (Å²) in [6, 6.07) is 6.08. The number of nitrogens with zero attached hydrogens (tertiary/aromatic N) is 2. The molecule has 1 saturated carbocycles. The van der Waals surface area contributed by atoms with E-state index in [0.717, 1.165) is 6.07 Å². The number of benzene rings is 2. The Bertz CT molecular complexity index is 1940. The molecule has 2 aromatic carbocycles. The van der Waals surface area contributed by atoms with Gasteiger partial charge in [0.15, 0.2) is 0 Å². The fourth-order valence-corrected chi connectivity index (χ4v) is 7.72. The van der Waals surface area contributed by atoms with Gasteiger partial charge in [0, 0.05) is 38.4 Å². The third-order valence-corrected chi connectivity index (χ3v) is 10.7. The minimum atomic E-state index is -4.71. The van der Waals surface area contributed by atoms with Crippen molar-refractivity contribution in [3.05, 3.63) is 88.1 Å². The van der Waals surface area contributed by atoms with E-state index >= 15 is 4.39 Å². The first-order chi connectivity index (χ1) is 26.9.